The number of phenolic OH excluding ortho intramolecular Hbond substituents is 1. The highest BCUT2D eigenvalue weighted by Crippen LogP contribution is 2.34. The highest BCUT2D eigenvalue weighted by Gasteiger charge is 2.36. The summed E-state index contributed by atoms with van der Waals surface area (Å²) in [5, 5.41) is 11.8. The fourth-order valence-corrected chi connectivity index (χ4v) is 4.99. The van der Waals surface area contributed by atoms with E-state index >= 15 is 0 Å². The van der Waals surface area contributed by atoms with Gasteiger partial charge in [-0.2, -0.15) is 0 Å². The number of thioether (sulfide) groups is 1. The topological polar surface area (TPSA) is 86.7 Å². The van der Waals surface area contributed by atoms with Gasteiger partial charge in [0.1, 0.15) is 18.1 Å². The van der Waals surface area contributed by atoms with E-state index in [1.807, 2.05) is 45.2 Å². The predicted molar refractivity (Wildman–Crippen MR) is 121 cm³/mol. The van der Waals surface area contributed by atoms with Crippen molar-refractivity contribution in [1.82, 2.24) is 4.90 Å². The molecule has 3 amide bonds. The monoisotopic (exact) mass is 624 g/mol. The van der Waals surface area contributed by atoms with Crippen molar-refractivity contribution in [3.05, 3.63) is 59.8 Å². The van der Waals surface area contributed by atoms with Crippen LogP contribution < -0.4 is 5.32 Å². The van der Waals surface area contributed by atoms with Crippen molar-refractivity contribution in [3.8, 4) is 5.75 Å². The van der Waals surface area contributed by atoms with Gasteiger partial charge in [-0.1, -0.05) is 0 Å². The van der Waals surface area contributed by atoms with E-state index in [4.69, 9.17) is 0 Å². The van der Waals surface area contributed by atoms with Crippen molar-refractivity contribution >= 4 is 85.8 Å². The van der Waals surface area contributed by atoms with Crippen molar-refractivity contribution in [1.29, 1.82) is 0 Å². The number of nitrogens with zero attached hydrogens (tertiary/aromatic N) is 1. The van der Waals surface area contributed by atoms with Crippen LogP contribution >= 0.6 is 56.9 Å². The Balaban J connectivity index is 1.72. The standard InChI is InChI=1S/C18H11FI2N2O4S/c19-10-1-3-11(4-2-10)22-15(24)8-23-17(26)14(28-18(23)27)7-9-5-12(20)16(25)13(21)6-9/h1-7,25H,8H2,(H,22,24)/b14-7-. The van der Waals surface area contributed by atoms with Crippen LogP contribution in [0.15, 0.2) is 41.3 Å². The molecular weight excluding hydrogens is 613 g/mol. The Bertz CT molecular complexity index is 988. The molecule has 1 saturated heterocycles. The van der Waals surface area contributed by atoms with Crippen LogP contribution in [0, 0.1) is 13.0 Å². The van der Waals surface area contributed by atoms with Crippen molar-refractivity contribution in [3.63, 3.8) is 0 Å². The second-order valence-electron chi connectivity index (χ2n) is 5.66. The first kappa shape index (κ1) is 21.0. The van der Waals surface area contributed by atoms with Gasteiger partial charge in [-0.15, -0.1) is 0 Å². The first-order valence-corrected chi connectivity index (χ1v) is 10.7. The normalized spacial score (nSPS) is 15.4. The van der Waals surface area contributed by atoms with E-state index in [9.17, 15) is 23.9 Å². The summed E-state index contributed by atoms with van der Waals surface area (Å²) in [5.41, 5.74) is 1.02. The number of nitrogens with one attached hydrogen (secondary N) is 1. The summed E-state index contributed by atoms with van der Waals surface area (Å²) >= 11 is 4.69. The third-order valence-electron chi connectivity index (χ3n) is 3.64. The van der Waals surface area contributed by atoms with E-state index in [2.05, 4.69) is 5.32 Å². The fraction of sp³-hybridized carbons (Fsp3) is 0.0556. The highest BCUT2D eigenvalue weighted by molar-refractivity contribution is 14.1. The van der Waals surface area contributed by atoms with Gasteiger partial charge in [-0.05, 0) is 105 Å². The zero-order chi connectivity index (χ0) is 20.4. The molecule has 6 nitrogen and oxygen atoms in total. The first-order valence-electron chi connectivity index (χ1n) is 7.73. The molecule has 0 aliphatic carbocycles. The SMILES string of the molecule is O=C(CN1C(=O)S/C(=C\c2cc(I)c(O)c(I)c2)C1=O)Nc1ccc(F)cc1. The highest BCUT2D eigenvalue weighted by atomic mass is 127. The van der Waals surface area contributed by atoms with Gasteiger partial charge in [0, 0.05) is 5.69 Å². The second kappa shape index (κ2) is 8.78. The third kappa shape index (κ3) is 4.84. The molecular formula is C18H11FI2N2O4S. The number of benzene rings is 2. The number of amides is 3. The lowest BCUT2D eigenvalue weighted by atomic mass is 10.2. The molecule has 0 saturated carbocycles. The van der Waals surface area contributed by atoms with Crippen LogP contribution in [0.4, 0.5) is 14.9 Å². The molecule has 2 N–H and O–H groups in total. The molecule has 28 heavy (non-hydrogen) atoms. The van der Waals surface area contributed by atoms with Gasteiger partial charge >= 0.3 is 0 Å². The largest absolute Gasteiger partial charge is 0.506 e. The number of carbonyl (C=O) groups is 3. The molecule has 1 heterocycles. The molecule has 1 aliphatic rings. The summed E-state index contributed by atoms with van der Waals surface area (Å²) in [7, 11) is 0. The average Bonchev–Trinajstić information content (AvgIpc) is 2.89. The van der Waals surface area contributed by atoms with E-state index < -0.39 is 29.4 Å². The summed E-state index contributed by atoms with van der Waals surface area (Å²) in [5.74, 6) is -1.41. The van der Waals surface area contributed by atoms with Crippen molar-refractivity contribution in [2.24, 2.45) is 0 Å². The average molecular weight is 624 g/mol. The molecule has 0 unspecified atom stereocenters. The minimum Gasteiger partial charge on any atom is -0.506 e. The molecule has 1 fully saturated rings. The number of anilines is 1. The Morgan fingerprint density at radius 1 is 1.18 bits per heavy atom. The zero-order valence-electron chi connectivity index (χ0n) is 13.9. The minimum absolute atomic E-state index is 0.156. The van der Waals surface area contributed by atoms with Crippen LogP contribution in [0.5, 0.6) is 5.75 Å². The van der Waals surface area contributed by atoms with Crippen LogP contribution in [0.3, 0.4) is 0 Å². The number of aromatic hydroxyl groups is 1. The van der Waals surface area contributed by atoms with Crippen molar-refractivity contribution in [2.45, 2.75) is 0 Å². The molecule has 2 aromatic carbocycles. The van der Waals surface area contributed by atoms with Crippen LogP contribution in [0.2, 0.25) is 0 Å². The minimum atomic E-state index is -0.567. The molecule has 0 spiro atoms. The number of hydrogen-bond acceptors (Lipinski definition) is 5. The molecule has 10 heteroatoms. The van der Waals surface area contributed by atoms with E-state index in [0.29, 0.717) is 18.4 Å². The van der Waals surface area contributed by atoms with E-state index in [1.54, 1.807) is 18.2 Å². The predicted octanol–water partition coefficient (Wildman–Crippen LogP) is 4.42. The maximum absolute atomic E-state index is 12.9. The molecule has 0 radical (unpaired) electrons. The Labute approximate surface area is 190 Å². The molecule has 0 atom stereocenters. The second-order valence-corrected chi connectivity index (χ2v) is 8.97. The smallest absolute Gasteiger partial charge is 0.294 e. The van der Waals surface area contributed by atoms with Gasteiger partial charge in [0.05, 0.1) is 12.0 Å². The molecule has 2 aromatic rings. The fourth-order valence-electron chi connectivity index (χ4n) is 2.33. The van der Waals surface area contributed by atoms with Gasteiger partial charge in [-0.3, -0.25) is 19.3 Å². The number of carbonyl (C=O) groups excluding carboxylic acids is 3. The molecule has 0 aromatic heterocycles. The van der Waals surface area contributed by atoms with Crippen LogP contribution in [0.1, 0.15) is 5.56 Å². The maximum atomic E-state index is 12.9. The van der Waals surface area contributed by atoms with E-state index in [1.165, 1.54) is 24.3 Å². The van der Waals surface area contributed by atoms with Crippen LogP contribution in [-0.2, 0) is 9.59 Å². The number of rotatable bonds is 4. The van der Waals surface area contributed by atoms with Gasteiger partial charge in [0.15, 0.2) is 0 Å². The summed E-state index contributed by atoms with van der Waals surface area (Å²) in [4.78, 5) is 37.9. The third-order valence-corrected chi connectivity index (χ3v) is 6.19. The van der Waals surface area contributed by atoms with Crippen molar-refractivity contribution < 1.29 is 23.9 Å². The summed E-state index contributed by atoms with van der Waals surface area (Å²) in [6.45, 7) is -0.440. The van der Waals surface area contributed by atoms with Gasteiger partial charge < -0.3 is 10.4 Å². The van der Waals surface area contributed by atoms with Gasteiger partial charge in [0.2, 0.25) is 5.91 Å². The first-order chi connectivity index (χ1) is 13.2. The lowest BCUT2D eigenvalue weighted by Crippen LogP contribution is -2.36. The summed E-state index contributed by atoms with van der Waals surface area (Å²) < 4.78 is 14.2. The Morgan fingerprint density at radius 2 is 1.79 bits per heavy atom. The quantitative estimate of drug-likeness (QED) is 0.389. The van der Waals surface area contributed by atoms with Crippen molar-refractivity contribution in [2.75, 3.05) is 11.9 Å². The van der Waals surface area contributed by atoms with E-state index in [0.717, 1.165) is 16.7 Å². The molecule has 0 bridgehead atoms. The maximum Gasteiger partial charge on any atom is 0.294 e. The summed E-state index contributed by atoms with van der Waals surface area (Å²) in [6, 6.07) is 8.53. The molecule has 144 valence electrons. The lowest BCUT2D eigenvalue weighted by molar-refractivity contribution is -0.127. The number of hydrogen-bond donors (Lipinski definition) is 2. The number of phenols is 1. The Morgan fingerprint density at radius 3 is 2.39 bits per heavy atom. The van der Waals surface area contributed by atoms with Crippen LogP contribution in [-0.4, -0.2) is 33.6 Å². The molecule has 3 rings (SSSR count). The van der Waals surface area contributed by atoms with E-state index in [-0.39, 0.29) is 10.7 Å². The number of imide groups is 1. The van der Waals surface area contributed by atoms with Crippen LogP contribution in [0.25, 0.3) is 6.08 Å². The zero-order valence-corrected chi connectivity index (χ0v) is 19.0. The Hall–Kier alpha value is -1.67. The summed E-state index contributed by atoms with van der Waals surface area (Å²) in [6.07, 6.45) is 1.55. The lowest BCUT2D eigenvalue weighted by Gasteiger charge is -2.12. The molecule has 1 aliphatic heterocycles. The van der Waals surface area contributed by atoms with Gasteiger partial charge in [-0.25, -0.2) is 4.39 Å². The van der Waals surface area contributed by atoms with Gasteiger partial charge in [0.25, 0.3) is 11.1 Å². The Kier molecular flexibility index (Phi) is 6.60. The number of halogens is 3.